The minimum atomic E-state index is -0.222. The van der Waals surface area contributed by atoms with Crippen LogP contribution in [0.4, 0.5) is 5.82 Å². The van der Waals surface area contributed by atoms with Crippen LogP contribution in [0.5, 0.6) is 0 Å². The molecule has 1 aliphatic rings. The number of nitrogens with two attached hydrogens (primary N) is 1. The number of anilines is 1. The number of aryl methyl sites for hydroxylation is 1. The highest BCUT2D eigenvalue weighted by atomic mass is 16.5. The van der Waals surface area contributed by atoms with E-state index in [0.29, 0.717) is 31.2 Å². The summed E-state index contributed by atoms with van der Waals surface area (Å²) in [6.07, 6.45) is 3.57. The molecular formula is C17H24N6O2. The van der Waals surface area contributed by atoms with Gasteiger partial charge in [-0.1, -0.05) is 6.07 Å². The molecule has 25 heavy (non-hydrogen) atoms. The molecule has 0 bridgehead atoms. The molecule has 1 saturated heterocycles. The van der Waals surface area contributed by atoms with E-state index in [-0.39, 0.29) is 18.1 Å². The predicted molar refractivity (Wildman–Crippen MR) is 93.9 cm³/mol. The lowest BCUT2D eigenvalue weighted by atomic mass is 10.00. The van der Waals surface area contributed by atoms with Crippen molar-refractivity contribution in [2.24, 2.45) is 7.05 Å². The molecule has 0 unspecified atom stereocenters. The predicted octanol–water partition coefficient (Wildman–Crippen LogP) is 0.541. The van der Waals surface area contributed by atoms with E-state index in [2.05, 4.69) is 15.0 Å². The number of ether oxygens (including phenoxy) is 1. The number of nitrogen functional groups attached to an aromatic ring is 1. The summed E-state index contributed by atoms with van der Waals surface area (Å²) < 4.78 is 7.72. The van der Waals surface area contributed by atoms with Gasteiger partial charge in [-0.3, -0.25) is 9.48 Å². The summed E-state index contributed by atoms with van der Waals surface area (Å²) in [6, 6.07) is 4.88. The van der Waals surface area contributed by atoms with Crippen LogP contribution in [0.2, 0.25) is 0 Å². The molecule has 3 heterocycles. The molecule has 8 nitrogen and oxygen atoms in total. The van der Waals surface area contributed by atoms with Gasteiger partial charge in [0.1, 0.15) is 11.5 Å². The van der Waals surface area contributed by atoms with E-state index in [1.54, 1.807) is 29.1 Å². The summed E-state index contributed by atoms with van der Waals surface area (Å²) in [5.74, 6) is 0.190. The molecule has 8 heteroatoms. The van der Waals surface area contributed by atoms with Crippen molar-refractivity contribution in [2.75, 3.05) is 39.5 Å². The zero-order chi connectivity index (χ0) is 18.0. The minimum Gasteiger partial charge on any atom is -0.384 e. The van der Waals surface area contributed by atoms with E-state index in [1.165, 1.54) is 0 Å². The quantitative estimate of drug-likeness (QED) is 0.871. The molecule has 2 atom stereocenters. The summed E-state index contributed by atoms with van der Waals surface area (Å²) in [7, 11) is 5.84. The Hall–Kier alpha value is -2.45. The molecule has 0 aromatic carbocycles. The molecule has 0 spiro atoms. The molecule has 0 radical (unpaired) electrons. The summed E-state index contributed by atoms with van der Waals surface area (Å²) in [5.41, 5.74) is 7.04. The van der Waals surface area contributed by atoms with Crippen LogP contribution in [0.1, 0.15) is 22.1 Å². The van der Waals surface area contributed by atoms with E-state index in [0.717, 1.165) is 5.56 Å². The van der Waals surface area contributed by atoms with Crippen LogP contribution in [0.25, 0.3) is 0 Å². The molecular weight excluding hydrogens is 320 g/mol. The third-order valence-electron chi connectivity index (χ3n) is 4.21. The number of rotatable bonds is 4. The Balaban J connectivity index is 1.95. The van der Waals surface area contributed by atoms with Crippen LogP contribution in [-0.2, 0) is 11.8 Å². The second-order valence-electron chi connectivity index (χ2n) is 6.51. The monoisotopic (exact) mass is 344 g/mol. The second-order valence-corrected chi connectivity index (χ2v) is 6.51. The second kappa shape index (κ2) is 7.20. The van der Waals surface area contributed by atoms with Crippen molar-refractivity contribution in [3.8, 4) is 0 Å². The van der Waals surface area contributed by atoms with Crippen molar-refractivity contribution in [3.63, 3.8) is 0 Å². The lowest BCUT2D eigenvalue weighted by Gasteiger charge is -2.41. The van der Waals surface area contributed by atoms with Crippen molar-refractivity contribution >= 4 is 11.7 Å². The third-order valence-corrected chi connectivity index (χ3v) is 4.21. The van der Waals surface area contributed by atoms with Gasteiger partial charge in [-0.05, 0) is 26.2 Å². The number of hydrogen-bond acceptors (Lipinski definition) is 6. The number of hydrogen-bond donors (Lipinski definition) is 1. The van der Waals surface area contributed by atoms with Gasteiger partial charge in [-0.15, -0.1) is 0 Å². The van der Waals surface area contributed by atoms with Gasteiger partial charge in [-0.2, -0.15) is 5.10 Å². The van der Waals surface area contributed by atoms with Crippen molar-refractivity contribution < 1.29 is 9.53 Å². The Kier molecular flexibility index (Phi) is 5.00. The van der Waals surface area contributed by atoms with Gasteiger partial charge in [-0.25, -0.2) is 4.98 Å². The number of carbonyl (C=O) groups excluding carboxylic acids is 1. The Bertz CT molecular complexity index is 744. The Morgan fingerprint density at radius 1 is 1.44 bits per heavy atom. The number of pyridine rings is 1. The fourth-order valence-corrected chi connectivity index (χ4v) is 3.18. The highest BCUT2D eigenvalue weighted by Gasteiger charge is 2.38. The van der Waals surface area contributed by atoms with E-state index < -0.39 is 0 Å². The van der Waals surface area contributed by atoms with Crippen LogP contribution in [0, 0.1) is 0 Å². The van der Waals surface area contributed by atoms with Crippen molar-refractivity contribution in [1.29, 1.82) is 0 Å². The van der Waals surface area contributed by atoms with Crippen molar-refractivity contribution in [1.82, 2.24) is 24.6 Å². The maximum absolute atomic E-state index is 13.1. The normalized spacial score (nSPS) is 20.9. The summed E-state index contributed by atoms with van der Waals surface area (Å²) in [5, 5.41) is 4.26. The molecule has 2 N–H and O–H groups in total. The summed E-state index contributed by atoms with van der Waals surface area (Å²) in [4.78, 5) is 21.1. The first kappa shape index (κ1) is 17.4. The zero-order valence-corrected chi connectivity index (χ0v) is 14.8. The standard InChI is InChI=1S/C17H24N6O2/c1-21(2)11-14-16(12-9-19-22(3)10-12)23(7-8-25-14)17(24)13-5-4-6-15(18)20-13/h4-6,9-10,14,16H,7-8,11H2,1-3H3,(H2,18,20)/t14-,16-/m0/s1. The van der Waals surface area contributed by atoms with Crippen molar-refractivity contribution in [2.45, 2.75) is 12.1 Å². The van der Waals surface area contributed by atoms with Gasteiger partial charge < -0.3 is 20.3 Å². The molecule has 0 aliphatic carbocycles. The highest BCUT2D eigenvalue weighted by molar-refractivity contribution is 5.93. The Morgan fingerprint density at radius 2 is 2.24 bits per heavy atom. The first-order chi connectivity index (χ1) is 12.0. The van der Waals surface area contributed by atoms with Gasteiger partial charge in [0, 0.05) is 31.9 Å². The van der Waals surface area contributed by atoms with Gasteiger partial charge in [0.25, 0.3) is 5.91 Å². The smallest absolute Gasteiger partial charge is 0.273 e. The fourth-order valence-electron chi connectivity index (χ4n) is 3.18. The van der Waals surface area contributed by atoms with Crippen LogP contribution >= 0.6 is 0 Å². The molecule has 2 aromatic heterocycles. The first-order valence-electron chi connectivity index (χ1n) is 8.24. The van der Waals surface area contributed by atoms with Crippen LogP contribution in [0.15, 0.2) is 30.6 Å². The largest absolute Gasteiger partial charge is 0.384 e. The molecule has 1 fully saturated rings. The SMILES string of the molecule is CN(C)C[C@@H]1OCCN(C(=O)c2cccc(N)n2)[C@H]1c1cnn(C)c1. The van der Waals surface area contributed by atoms with Crippen LogP contribution in [0.3, 0.4) is 0 Å². The van der Waals surface area contributed by atoms with Crippen LogP contribution in [-0.4, -0.2) is 70.4 Å². The van der Waals surface area contributed by atoms with E-state index in [9.17, 15) is 4.79 Å². The number of likely N-dealkylation sites (N-methyl/N-ethyl adjacent to an activating group) is 1. The molecule has 1 aliphatic heterocycles. The third kappa shape index (κ3) is 3.80. The number of aromatic nitrogens is 3. The number of morpholine rings is 1. The Labute approximate surface area is 147 Å². The fraction of sp³-hybridized carbons (Fsp3) is 0.471. The maximum atomic E-state index is 13.1. The molecule has 0 saturated carbocycles. The molecule has 3 rings (SSSR count). The molecule has 2 aromatic rings. The number of carbonyl (C=O) groups is 1. The number of nitrogens with zero attached hydrogens (tertiary/aromatic N) is 5. The summed E-state index contributed by atoms with van der Waals surface area (Å²) >= 11 is 0. The van der Waals surface area contributed by atoms with Gasteiger partial charge >= 0.3 is 0 Å². The summed E-state index contributed by atoms with van der Waals surface area (Å²) in [6.45, 7) is 1.69. The minimum absolute atomic E-state index is 0.141. The zero-order valence-electron chi connectivity index (χ0n) is 14.8. The lowest BCUT2D eigenvalue weighted by Crippen LogP contribution is -2.51. The van der Waals surface area contributed by atoms with E-state index >= 15 is 0 Å². The van der Waals surface area contributed by atoms with Gasteiger partial charge in [0.2, 0.25) is 0 Å². The van der Waals surface area contributed by atoms with E-state index in [4.69, 9.17) is 10.5 Å². The average Bonchev–Trinajstić information content (AvgIpc) is 2.99. The maximum Gasteiger partial charge on any atom is 0.273 e. The van der Waals surface area contributed by atoms with Gasteiger partial charge in [0.05, 0.1) is 24.9 Å². The number of amides is 1. The lowest BCUT2D eigenvalue weighted by molar-refractivity contribution is -0.0686. The Morgan fingerprint density at radius 3 is 2.88 bits per heavy atom. The molecule has 1 amide bonds. The van der Waals surface area contributed by atoms with Gasteiger partial charge in [0.15, 0.2) is 0 Å². The first-order valence-corrected chi connectivity index (χ1v) is 8.24. The topological polar surface area (TPSA) is 89.5 Å². The highest BCUT2D eigenvalue weighted by Crippen LogP contribution is 2.31. The van der Waals surface area contributed by atoms with E-state index in [1.807, 2.05) is 32.2 Å². The van der Waals surface area contributed by atoms with Crippen molar-refractivity contribution in [3.05, 3.63) is 41.9 Å². The average molecular weight is 344 g/mol. The molecule has 134 valence electrons. The van der Waals surface area contributed by atoms with Crippen LogP contribution < -0.4 is 5.73 Å².